The number of carbonyl (C=O) groups excluding carboxylic acids is 1. The molecular formula is C13H25NO2. The highest BCUT2D eigenvalue weighted by Gasteiger charge is 2.11. The zero-order valence-corrected chi connectivity index (χ0v) is 10.8. The minimum absolute atomic E-state index is 0.250. The van der Waals surface area contributed by atoms with Crippen LogP contribution in [-0.2, 0) is 9.53 Å². The summed E-state index contributed by atoms with van der Waals surface area (Å²) < 4.78 is 5.01. The van der Waals surface area contributed by atoms with E-state index in [1.807, 2.05) is 6.08 Å². The Kier molecular flexibility index (Phi) is 8.91. The lowest BCUT2D eigenvalue weighted by atomic mass is 10.1. The van der Waals surface area contributed by atoms with Crippen LogP contribution in [0.4, 0.5) is 0 Å². The largest absolute Gasteiger partial charge is 0.444 e. The van der Waals surface area contributed by atoms with Gasteiger partial charge < -0.3 is 4.74 Å². The molecule has 0 heterocycles. The average Bonchev–Trinajstić information content (AvgIpc) is 2.22. The summed E-state index contributed by atoms with van der Waals surface area (Å²) in [5.74, 6) is -0.250. The third kappa shape index (κ3) is 7.46. The van der Waals surface area contributed by atoms with Gasteiger partial charge in [0.1, 0.15) is 6.23 Å². The third-order valence-corrected chi connectivity index (χ3v) is 2.30. The molecule has 1 atom stereocenters. The SMILES string of the molecule is CCCC/C=C(\CCCC)C(=O)OC(C)N. The van der Waals surface area contributed by atoms with Crippen LogP contribution >= 0.6 is 0 Å². The molecule has 94 valence electrons. The van der Waals surface area contributed by atoms with Crippen molar-refractivity contribution in [2.75, 3.05) is 0 Å². The minimum atomic E-state index is -0.524. The van der Waals surface area contributed by atoms with Crippen LogP contribution in [0.25, 0.3) is 0 Å². The second-order valence-electron chi connectivity index (χ2n) is 4.09. The molecule has 0 aromatic rings. The van der Waals surface area contributed by atoms with Crippen LogP contribution in [0.1, 0.15) is 59.3 Å². The number of esters is 1. The van der Waals surface area contributed by atoms with Crippen LogP contribution in [0.3, 0.4) is 0 Å². The third-order valence-electron chi connectivity index (χ3n) is 2.30. The van der Waals surface area contributed by atoms with Gasteiger partial charge in [-0.1, -0.05) is 39.2 Å². The van der Waals surface area contributed by atoms with Crippen molar-refractivity contribution >= 4 is 5.97 Å². The number of hydrogen-bond acceptors (Lipinski definition) is 3. The summed E-state index contributed by atoms with van der Waals surface area (Å²) in [6.45, 7) is 5.92. The summed E-state index contributed by atoms with van der Waals surface area (Å²) in [6, 6.07) is 0. The topological polar surface area (TPSA) is 52.3 Å². The molecule has 0 aliphatic heterocycles. The number of rotatable bonds is 8. The predicted octanol–water partition coefficient (Wildman–Crippen LogP) is 3.14. The van der Waals surface area contributed by atoms with E-state index in [9.17, 15) is 4.79 Å². The molecule has 0 rings (SSSR count). The Bertz CT molecular complexity index is 222. The number of carbonyl (C=O) groups is 1. The Balaban J connectivity index is 4.27. The number of ether oxygens (including phenoxy) is 1. The van der Waals surface area contributed by atoms with Crippen LogP contribution in [-0.4, -0.2) is 12.2 Å². The molecule has 0 fully saturated rings. The summed E-state index contributed by atoms with van der Waals surface area (Å²) in [6.07, 6.45) is 7.58. The molecule has 16 heavy (non-hydrogen) atoms. The van der Waals surface area contributed by atoms with E-state index in [4.69, 9.17) is 10.5 Å². The van der Waals surface area contributed by atoms with Gasteiger partial charge in [-0.15, -0.1) is 0 Å². The maximum atomic E-state index is 11.7. The van der Waals surface area contributed by atoms with Crippen molar-refractivity contribution in [1.82, 2.24) is 0 Å². The first-order valence-electron chi connectivity index (χ1n) is 6.27. The van der Waals surface area contributed by atoms with Crippen LogP contribution in [0, 0.1) is 0 Å². The van der Waals surface area contributed by atoms with Crippen LogP contribution in [0.2, 0.25) is 0 Å². The molecule has 3 heteroatoms. The zero-order valence-electron chi connectivity index (χ0n) is 10.8. The maximum Gasteiger partial charge on any atom is 0.335 e. The standard InChI is InChI=1S/C13H25NO2/c1-4-6-8-10-12(9-7-5-2)13(15)16-11(3)14/h10-11H,4-9,14H2,1-3H3/b12-10+. The molecule has 0 aliphatic rings. The molecule has 0 aromatic heterocycles. The van der Waals surface area contributed by atoms with Crippen molar-refractivity contribution in [1.29, 1.82) is 0 Å². The van der Waals surface area contributed by atoms with Gasteiger partial charge in [0.25, 0.3) is 0 Å². The van der Waals surface area contributed by atoms with Gasteiger partial charge in [0.2, 0.25) is 0 Å². The number of hydrogen-bond donors (Lipinski definition) is 1. The first kappa shape index (κ1) is 15.2. The van der Waals surface area contributed by atoms with E-state index in [1.165, 1.54) is 0 Å². The first-order valence-corrected chi connectivity index (χ1v) is 6.27. The maximum absolute atomic E-state index is 11.7. The summed E-state index contributed by atoms with van der Waals surface area (Å²) in [7, 11) is 0. The summed E-state index contributed by atoms with van der Waals surface area (Å²) in [5.41, 5.74) is 6.23. The molecule has 0 radical (unpaired) electrons. The molecule has 2 N–H and O–H groups in total. The van der Waals surface area contributed by atoms with Gasteiger partial charge in [0, 0.05) is 5.57 Å². The molecule has 0 saturated carbocycles. The molecular weight excluding hydrogens is 202 g/mol. The molecule has 0 bridgehead atoms. The fraction of sp³-hybridized carbons (Fsp3) is 0.769. The molecule has 1 unspecified atom stereocenters. The lowest BCUT2D eigenvalue weighted by molar-refractivity contribution is -0.143. The second kappa shape index (κ2) is 9.40. The van der Waals surface area contributed by atoms with Crippen molar-refractivity contribution in [3.63, 3.8) is 0 Å². The summed E-state index contributed by atoms with van der Waals surface area (Å²) in [4.78, 5) is 11.7. The van der Waals surface area contributed by atoms with Gasteiger partial charge >= 0.3 is 5.97 Å². The molecule has 0 saturated heterocycles. The van der Waals surface area contributed by atoms with Crippen molar-refractivity contribution in [2.45, 2.75) is 65.5 Å². The molecule has 3 nitrogen and oxygen atoms in total. The van der Waals surface area contributed by atoms with Crippen LogP contribution in [0.15, 0.2) is 11.6 Å². The Morgan fingerprint density at radius 1 is 1.31 bits per heavy atom. The quantitative estimate of drug-likeness (QED) is 0.300. The Labute approximate surface area is 99.0 Å². The van der Waals surface area contributed by atoms with Gasteiger partial charge in [-0.3, -0.25) is 5.73 Å². The zero-order chi connectivity index (χ0) is 12.4. The van der Waals surface area contributed by atoms with Crippen molar-refractivity contribution in [3.8, 4) is 0 Å². The Morgan fingerprint density at radius 3 is 2.44 bits per heavy atom. The fourth-order valence-corrected chi connectivity index (χ4v) is 1.38. The van der Waals surface area contributed by atoms with Crippen molar-refractivity contribution < 1.29 is 9.53 Å². The van der Waals surface area contributed by atoms with Crippen LogP contribution in [0.5, 0.6) is 0 Å². The fourth-order valence-electron chi connectivity index (χ4n) is 1.38. The van der Waals surface area contributed by atoms with Gasteiger partial charge in [-0.25, -0.2) is 4.79 Å². The number of allylic oxidation sites excluding steroid dienone is 1. The number of unbranched alkanes of at least 4 members (excludes halogenated alkanes) is 3. The van der Waals surface area contributed by atoms with E-state index < -0.39 is 6.23 Å². The highest BCUT2D eigenvalue weighted by atomic mass is 16.6. The first-order chi connectivity index (χ1) is 7.61. The van der Waals surface area contributed by atoms with Gasteiger partial charge in [0.05, 0.1) is 0 Å². The lowest BCUT2D eigenvalue weighted by Crippen LogP contribution is -2.24. The monoisotopic (exact) mass is 227 g/mol. The van der Waals surface area contributed by atoms with E-state index in [-0.39, 0.29) is 5.97 Å². The Hall–Kier alpha value is -0.830. The lowest BCUT2D eigenvalue weighted by Gasteiger charge is -2.10. The summed E-state index contributed by atoms with van der Waals surface area (Å²) >= 11 is 0. The highest BCUT2D eigenvalue weighted by Crippen LogP contribution is 2.12. The highest BCUT2D eigenvalue weighted by molar-refractivity contribution is 5.88. The average molecular weight is 227 g/mol. The van der Waals surface area contributed by atoms with E-state index in [0.717, 1.165) is 44.1 Å². The van der Waals surface area contributed by atoms with E-state index in [2.05, 4.69) is 13.8 Å². The van der Waals surface area contributed by atoms with Crippen LogP contribution < -0.4 is 5.73 Å². The molecule has 0 amide bonds. The minimum Gasteiger partial charge on any atom is -0.444 e. The Morgan fingerprint density at radius 2 is 1.94 bits per heavy atom. The molecule has 0 aromatic carbocycles. The van der Waals surface area contributed by atoms with Gasteiger partial charge in [-0.2, -0.15) is 0 Å². The molecule has 0 spiro atoms. The van der Waals surface area contributed by atoms with Crippen molar-refractivity contribution in [2.24, 2.45) is 5.73 Å². The van der Waals surface area contributed by atoms with E-state index in [0.29, 0.717) is 0 Å². The molecule has 0 aliphatic carbocycles. The summed E-state index contributed by atoms with van der Waals surface area (Å²) in [5, 5.41) is 0. The van der Waals surface area contributed by atoms with Gasteiger partial charge in [0.15, 0.2) is 0 Å². The predicted molar refractivity (Wildman–Crippen MR) is 66.9 cm³/mol. The van der Waals surface area contributed by atoms with Crippen molar-refractivity contribution in [3.05, 3.63) is 11.6 Å². The second-order valence-corrected chi connectivity index (χ2v) is 4.09. The van der Waals surface area contributed by atoms with Gasteiger partial charge in [-0.05, 0) is 26.2 Å². The normalized spacial score (nSPS) is 13.6. The smallest absolute Gasteiger partial charge is 0.335 e. The van der Waals surface area contributed by atoms with E-state index >= 15 is 0 Å². The van der Waals surface area contributed by atoms with E-state index in [1.54, 1.807) is 6.92 Å². The number of nitrogens with two attached hydrogens (primary N) is 1.